The Hall–Kier alpha value is -4.38. The molecule has 0 aromatic heterocycles. The van der Waals surface area contributed by atoms with Gasteiger partial charge >= 0.3 is 0 Å². The predicted octanol–water partition coefficient (Wildman–Crippen LogP) is 2.21. The zero-order valence-electron chi connectivity index (χ0n) is 19.7. The number of nitrogens with one attached hydrogen (secondary N) is 1. The molecule has 0 heterocycles. The van der Waals surface area contributed by atoms with Crippen LogP contribution in [0.25, 0.3) is 0 Å². The van der Waals surface area contributed by atoms with E-state index in [2.05, 4.69) is 10.5 Å². The lowest BCUT2D eigenvalue weighted by Crippen LogP contribution is -2.39. The molecule has 0 aliphatic rings. The first-order valence-corrected chi connectivity index (χ1v) is 12.2. The number of hydrogen-bond donors (Lipinski definition) is 2. The second-order valence-electron chi connectivity index (χ2n) is 7.61. The third-order valence-electron chi connectivity index (χ3n) is 4.91. The molecule has 36 heavy (non-hydrogen) atoms. The Morgan fingerprint density at radius 3 is 2.33 bits per heavy atom. The summed E-state index contributed by atoms with van der Waals surface area (Å²) < 4.78 is 38.5. The van der Waals surface area contributed by atoms with Crippen LogP contribution < -0.4 is 24.9 Å². The minimum absolute atomic E-state index is 0.0361. The average molecular weight is 511 g/mol. The smallest absolute Gasteiger partial charge is 0.264 e. The molecule has 3 aromatic rings. The normalized spacial score (nSPS) is 11.2. The molecule has 0 atom stereocenters. The number of amides is 2. The van der Waals surface area contributed by atoms with Crippen molar-refractivity contribution in [3.63, 3.8) is 0 Å². The Bertz CT molecular complexity index is 1340. The molecule has 0 aliphatic carbocycles. The van der Waals surface area contributed by atoms with Crippen LogP contribution >= 0.6 is 0 Å². The van der Waals surface area contributed by atoms with Crippen LogP contribution in [0, 0.1) is 6.92 Å². The van der Waals surface area contributed by atoms with E-state index in [1.54, 1.807) is 60.7 Å². The maximum absolute atomic E-state index is 13.5. The Morgan fingerprint density at radius 2 is 1.69 bits per heavy atom. The summed E-state index contributed by atoms with van der Waals surface area (Å²) in [7, 11) is -2.68. The van der Waals surface area contributed by atoms with Gasteiger partial charge in [-0.25, -0.2) is 13.8 Å². The topological polar surface area (TPSA) is 140 Å². The molecule has 0 bridgehead atoms. The molecule has 0 unspecified atom stereocenters. The highest BCUT2D eigenvalue weighted by atomic mass is 32.2. The fourth-order valence-corrected chi connectivity index (χ4v) is 4.55. The summed E-state index contributed by atoms with van der Waals surface area (Å²) in [5.41, 5.74) is 9.14. The van der Waals surface area contributed by atoms with Gasteiger partial charge < -0.3 is 15.2 Å². The molecular formula is C25H26N4O6S. The second-order valence-corrected chi connectivity index (χ2v) is 9.48. The molecule has 11 heteroatoms. The highest BCUT2D eigenvalue weighted by Crippen LogP contribution is 2.32. The van der Waals surface area contributed by atoms with Crippen molar-refractivity contribution in [1.29, 1.82) is 0 Å². The minimum atomic E-state index is -4.10. The number of anilines is 1. The van der Waals surface area contributed by atoms with E-state index in [1.807, 2.05) is 6.92 Å². The second kappa shape index (κ2) is 11.8. The maximum Gasteiger partial charge on any atom is 0.264 e. The number of primary amides is 1. The van der Waals surface area contributed by atoms with Crippen LogP contribution in [0.15, 0.2) is 82.8 Å². The van der Waals surface area contributed by atoms with Crippen LogP contribution in [0.5, 0.6) is 11.5 Å². The summed E-state index contributed by atoms with van der Waals surface area (Å²) in [4.78, 5) is 23.5. The Labute approximate surface area is 209 Å². The van der Waals surface area contributed by atoms with Crippen molar-refractivity contribution >= 4 is 33.7 Å². The molecule has 0 aliphatic heterocycles. The molecule has 188 valence electrons. The number of carbonyl (C=O) groups excluding carboxylic acids is 2. The number of nitrogens with two attached hydrogens (primary N) is 1. The van der Waals surface area contributed by atoms with Gasteiger partial charge in [0.25, 0.3) is 21.8 Å². The number of nitrogens with zero attached hydrogens (tertiary/aromatic N) is 2. The third kappa shape index (κ3) is 6.83. The zero-order chi connectivity index (χ0) is 26.1. The van der Waals surface area contributed by atoms with E-state index in [0.717, 1.165) is 9.87 Å². The van der Waals surface area contributed by atoms with Gasteiger partial charge in [0, 0.05) is 0 Å². The van der Waals surface area contributed by atoms with Crippen LogP contribution in [-0.2, 0) is 19.6 Å². The van der Waals surface area contributed by atoms with E-state index in [1.165, 1.54) is 25.5 Å². The van der Waals surface area contributed by atoms with E-state index in [-0.39, 0.29) is 17.2 Å². The molecule has 3 N–H and O–H groups in total. The summed E-state index contributed by atoms with van der Waals surface area (Å²) >= 11 is 0. The zero-order valence-corrected chi connectivity index (χ0v) is 20.6. The fraction of sp³-hybridized carbons (Fsp3) is 0.160. The molecule has 0 radical (unpaired) electrons. The third-order valence-corrected chi connectivity index (χ3v) is 6.69. The number of benzene rings is 3. The molecule has 0 fully saturated rings. The number of carbonyl (C=O) groups is 2. The lowest BCUT2D eigenvalue weighted by molar-refractivity contribution is -0.120. The van der Waals surface area contributed by atoms with E-state index in [4.69, 9.17) is 15.2 Å². The molecule has 2 amide bonds. The van der Waals surface area contributed by atoms with Crippen LogP contribution in [0.3, 0.4) is 0 Å². The number of ether oxygens (including phenoxy) is 2. The molecular weight excluding hydrogens is 484 g/mol. The van der Waals surface area contributed by atoms with Crippen LogP contribution in [0.4, 0.5) is 5.69 Å². The summed E-state index contributed by atoms with van der Waals surface area (Å²) in [6.07, 6.45) is 1.39. The molecule has 0 saturated carbocycles. The maximum atomic E-state index is 13.5. The minimum Gasteiger partial charge on any atom is -0.495 e. The van der Waals surface area contributed by atoms with Crippen molar-refractivity contribution in [3.8, 4) is 11.5 Å². The van der Waals surface area contributed by atoms with Gasteiger partial charge in [0.15, 0.2) is 6.61 Å². The molecule has 3 aromatic carbocycles. The number of sulfonamides is 1. The van der Waals surface area contributed by atoms with Gasteiger partial charge in [0.1, 0.15) is 18.0 Å². The number of methoxy groups -OCH3 is 1. The van der Waals surface area contributed by atoms with Gasteiger partial charge in [0.2, 0.25) is 0 Å². The van der Waals surface area contributed by atoms with Crippen molar-refractivity contribution in [2.45, 2.75) is 11.8 Å². The van der Waals surface area contributed by atoms with E-state index in [9.17, 15) is 18.0 Å². The van der Waals surface area contributed by atoms with Gasteiger partial charge in [-0.3, -0.25) is 13.9 Å². The standard InChI is InChI=1S/C25H26N4O6S/c1-18-7-13-21(14-8-18)36(32,33)29(22-5-3-4-6-23(22)34-2)16-25(31)28-27-15-19-9-11-20(12-10-19)35-17-24(26)30/h3-15H,16-17H2,1-2H3,(H2,26,30)(H,28,31)/b27-15+. The van der Waals surface area contributed by atoms with Gasteiger partial charge in [-0.05, 0) is 61.0 Å². The van der Waals surface area contributed by atoms with Crippen molar-refractivity contribution in [2.24, 2.45) is 10.8 Å². The Morgan fingerprint density at radius 1 is 1.03 bits per heavy atom. The Balaban J connectivity index is 1.77. The monoisotopic (exact) mass is 510 g/mol. The number of hydrazone groups is 1. The molecule has 0 spiro atoms. The van der Waals surface area contributed by atoms with Crippen molar-refractivity contribution in [2.75, 3.05) is 24.6 Å². The molecule has 10 nitrogen and oxygen atoms in total. The number of hydrogen-bond acceptors (Lipinski definition) is 7. The van der Waals surface area contributed by atoms with E-state index in [0.29, 0.717) is 17.1 Å². The van der Waals surface area contributed by atoms with E-state index < -0.39 is 28.4 Å². The number of rotatable bonds is 11. The predicted molar refractivity (Wildman–Crippen MR) is 136 cm³/mol. The summed E-state index contributed by atoms with van der Waals surface area (Å²) in [6.45, 7) is 1.08. The summed E-state index contributed by atoms with van der Waals surface area (Å²) in [5, 5.41) is 3.91. The highest BCUT2D eigenvalue weighted by Gasteiger charge is 2.29. The van der Waals surface area contributed by atoms with Gasteiger partial charge in [-0.2, -0.15) is 5.10 Å². The summed E-state index contributed by atoms with van der Waals surface area (Å²) in [5.74, 6) is -0.504. The lowest BCUT2D eigenvalue weighted by atomic mass is 10.2. The average Bonchev–Trinajstić information content (AvgIpc) is 2.87. The molecule has 3 rings (SSSR count). The number of para-hydroxylation sites is 2. The van der Waals surface area contributed by atoms with Gasteiger partial charge in [-0.15, -0.1) is 0 Å². The largest absolute Gasteiger partial charge is 0.495 e. The quantitative estimate of drug-likeness (QED) is 0.299. The lowest BCUT2D eigenvalue weighted by Gasteiger charge is -2.25. The van der Waals surface area contributed by atoms with Crippen molar-refractivity contribution in [3.05, 3.63) is 83.9 Å². The first kappa shape index (κ1) is 26.2. The van der Waals surface area contributed by atoms with Gasteiger partial charge in [0.05, 0.1) is 23.9 Å². The fourth-order valence-electron chi connectivity index (χ4n) is 3.12. The van der Waals surface area contributed by atoms with Crippen LogP contribution in [-0.4, -0.2) is 46.7 Å². The number of aryl methyl sites for hydroxylation is 1. The van der Waals surface area contributed by atoms with Gasteiger partial charge in [-0.1, -0.05) is 29.8 Å². The van der Waals surface area contributed by atoms with Crippen molar-refractivity contribution < 1.29 is 27.5 Å². The first-order chi connectivity index (χ1) is 17.2. The SMILES string of the molecule is COc1ccccc1N(CC(=O)N/N=C/c1ccc(OCC(N)=O)cc1)S(=O)(=O)c1ccc(C)cc1. The Kier molecular flexibility index (Phi) is 8.63. The highest BCUT2D eigenvalue weighted by molar-refractivity contribution is 7.92. The molecule has 0 saturated heterocycles. The van der Waals surface area contributed by atoms with Crippen molar-refractivity contribution in [1.82, 2.24) is 5.43 Å². The first-order valence-electron chi connectivity index (χ1n) is 10.8. The van der Waals surface area contributed by atoms with Crippen LogP contribution in [0.1, 0.15) is 11.1 Å². The van der Waals surface area contributed by atoms with E-state index >= 15 is 0 Å². The summed E-state index contributed by atoms with van der Waals surface area (Å²) in [6, 6.07) is 19.4. The van der Waals surface area contributed by atoms with Crippen LogP contribution in [0.2, 0.25) is 0 Å².